The Kier molecular flexibility index (Phi) is 9.05. The first kappa shape index (κ1) is 29.8. The minimum atomic E-state index is -5.19. The van der Waals surface area contributed by atoms with Gasteiger partial charge in [-0.05, 0) is 37.3 Å². The van der Waals surface area contributed by atoms with E-state index < -0.39 is 23.0 Å². The maximum atomic E-state index is 13.2. The maximum Gasteiger partial charge on any atom is 0.430 e. The van der Waals surface area contributed by atoms with Crippen LogP contribution < -0.4 is 21.5 Å². The van der Waals surface area contributed by atoms with Gasteiger partial charge in [0.2, 0.25) is 0 Å². The Labute approximate surface area is 238 Å². The van der Waals surface area contributed by atoms with Crippen molar-refractivity contribution in [3.8, 4) is 0 Å². The van der Waals surface area contributed by atoms with Gasteiger partial charge in [0.1, 0.15) is 29.7 Å². The summed E-state index contributed by atoms with van der Waals surface area (Å²) in [6.45, 7) is 3.18. The van der Waals surface area contributed by atoms with Gasteiger partial charge in [0.05, 0.1) is 50.6 Å². The van der Waals surface area contributed by atoms with Crippen LogP contribution in [0.4, 0.5) is 19.0 Å². The molecule has 2 aromatic heterocycles. The first-order chi connectivity index (χ1) is 18.9. The van der Waals surface area contributed by atoms with Crippen molar-refractivity contribution in [3.05, 3.63) is 58.1 Å². The number of alkyl halides is 3. The fourth-order valence-electron chi connectivity index (χ4n) is 3.96. The van der Waals surface area contributed by atoms with Crippen molar-refractivity contribution in [1.82, 2.24) is 25.3 Å². The molecule has 3 heterocycles. The Morgan fingerprint density at radius 3 is 2.62 bits per heavy atom. The van der Waals surface area contributed by atoms with E-state index in [4.69, 9.17) is 38.8 Å². The molecule has 2 aromatic carbocycles. The minimum Gasteiger partial charge on any atom is -0.542 e. The molecule has 0 saturated carbocycles. The van der Waals surface area contributed by atoms with Gasteiger partial charge < -0.3 is 25.9 Å². The van der Waals surface area contributed by atoms with Crippen molar-refractivity contribution in [2.75, 3.05) is 24.2 Å². The van der Waals surface area contributed by atoms with Gasteiger partial charge in [-0.15, -0.1) is 0 Å². The lowest BCUT2D eigenvalue weighted by atomic mass is 10.1. The number of hydrogen-bond acceptors (Lipinski definition) is 9. The standard InChI is InChI=1S/C22H22Cl2N7OS.C2HF3O2/c1-11(20-30-16-3-2-12(23)6-18(16)31-20)29-21-14-7-15(24)13(8-17(14)27-10-28-21)22(32)33-5-4-26-19(33)9-25;3-2(4,5)1(6)7/h2-3,6-8,10-11,19,26H,4-5,9,25H2,1H3,(H,30,31)(H,27,28,29);(H,6,7)/q+1;/p-1/t11-,19?,33?;/m0./s1. The number of fused-ring (bicyclic) bond motifs is 2. The fraction of sp³-hybridized carbons (Fsp3) is 0.292. The van der Waals surface area contributed by atoms with E-state index in [2.05, 4.69) is 30.6 Å². The first-order valence-corrected chi connectivity index (χ1v) is 13.9. The third-order valence-electron chi connectivity index (χ3n) is 5.89. The largest absolute Gasteiger partial charge is 0.542 e. The summed E-state index contributed by atoms with van der Waals surface area (Å²) < 4.78 is 31.5. The molecule has 0 bridgehead atoms. The number of rotatable bonds is 5. The number of carbonyl (C=O) groups excluding carboxylic acids is 2. The van der Waals surface area contributed by atoms with Gasteiger partial charge in [-0.1, -0.05) is 23.2 Å². The molecule has 1 fully saturated rings. The number of carboxylic acids is 1. The number of carboxylic acid groups (broad SMARTS) is 1. The molecule has 1 aliphatic rings. The molecule has 0 radical (unpaired) electrons. The predicted molar refractivity (Wildman–Crippen MR) is 146 cm³/mol. The Morgan fingerprint density at radius 2 is 1.95 bits per heavy atom. The van der Waals surface area contributed by atoms with Crippen LogP contribution >= 0.6 is 23.2 Å². The average molecular weight is 616 g/mol. The van der Waals surface area contributed by atoms with Crippen molar-refractivity contribution >= 4 is 72.9 Å². The van der Waals surface area contributed by atoms with E-state index in [9.17, 15) is 18.0 Å². The number of imidazole rings is 1. The number of H-pyrrole nitrogens is 1. The van der Waals surface area contributed by atoms with E-state index in [-0.39, 0.29) is 16.5 Å². The molecule has 1 saturated heterocycles. The number of aromatic nitrogens is 4. The Bertz CT molecular complexity index is 1570. The number of hydrogen-bond donors (Lipinski definition) is 4. The molecule has 212 valence electrons. The zero-order valence-electron chi connectivity index (χ0n) is 20.7. The smallest absolute Gasteiger partial charge is 0.430 e. The van der Waals surface area contributed by atoms with Gasteiger partial charge in [-0.3, -0.25) is 5.32 Å². The second-order valence-corrected chi connectivity index (χ2v) is 11.7. The Hall–Kier alpha value is -3.17. The van der Waals surface area contributed by atoms with Crippen molar-refractivity contribution in [2.45, 2.75) is 24.5 Å². The number of aliphatic carboxylic acids is 1. The molecule has 0 spiro atoms. The molecule has 0 aliphatic carbocycles. The number of benzene rings is 2. The highest BCUT2D eigenvalue weighted by Gasteiger charge is 2.43. The highest BCUT2D eigenvalue weighted by molar-refractivity contribution is 8.12. The second-order valence-electron chi connectivity index (χ2n) is 8.61. The summed E-state index contributed by atoms with van der Waals surface area (Å²) in [5, 5.41) is 17.2. The van der Waals surface area contributed by atoms with Gasteiger partial charge >= 0.3 is 11.3 Å². The van der Waals surface area contributed by atoms with Gasteiger partial charge in [-0.25, -0.2) is 19.7 Å². The summed E-state index contributed by atoms with van der Waals surface area (Å²) >= 11 is 12.7. The van der Waals surface area contributed by atoms with Crippen LogP contribution in [-0.4, -0.2) is 61.4 Å². The Morgan fingerprint density at radius 1 is 1.23 bits per heavy atom. The molecule has 1 aliphatic heterocycles. The van der Waals surface area contributed by atoms with Gasteiger partial charge in [0.25, 0.3) is 0 Å². The van der Waals surface area contributed by atoms with E-state index in [0.717, 1.165) is 34.5 Å². The van der Waals surface area contributed by atoms with E-state index in [1.807, 2.05) is 25.1 Å². The number of anilines is 1. The minimum absolute atomic E-state index is 0.00793. The van der Waals surface area contributed by atoms with Crippen LogP contribution in [0.1, 0.15) is 29.1 Å². The summed E-state index contributed by atoms with van der Waals surface area (Å²) in [6.07, 6.45) is -3.72. The van der Waals surface area contributed by atoms with Crippen molar-refractivity contribution in [2.24, 2.45) is 5.73 Å². The maximum absolute atomic E-state index is 13.2. The lowest BCUT2D eigenvalue weighted by molar-refractivity contribution is -0.344. The fourth-order valence-corrected chi connectivity index (χ4v) is 6.51. The van der Waals surface area contributed by atoms with Crippen LogP contribution in [0.2, 0.25) is 10.0 Å². The molecule has 2 unspecified atom stereocenters. The molecule has 5 rings (SSSR count). The van der Waals surface area contributed by atoms with Crippen LogP contribution in [0.15, 0.2) is 36.7 Å². The van der Waals surface area contributed by atoms with Crippen molar-refractivity contribution in [1.29, 1.82) is 0 Å². The number of nitrogens with one attached hydrogen (secondary N) is 3. The number of aromatic amines is 1. The lowest BCUT2D eigenvalue weighted by Gasteiger charge is -2.14. The van der Waals surface area contributed by atoms with Crippen LogP contribution in [0.5, 0.6) is 0 Å². The molecular formula is C24H22Cl2F3N7O3S. The normalized spacial score (nSPS) is 17.9. The zero-order valence-corrected chi connectivity index (χ0v) is 23.0. The molecule has 3 atom stereocenters. The second kappa shape index (κ2) is 12.1. The Balaban J connectivity index is 0.000000470. The number of carbonyl (C=O) groups is 2. The first-order valence-electron chi connectivity index (χ1n) is 11.7. The number of nitrogens with two attached hydrogens (primary N) is 1. The summed E-state index contributed by atoms with van der Waals surface area (Å²) in [4.78, 5) is 38.7. The summed E-state index contributed by atoms with van der Waals surface area (Å²) in [5.41, 5.74) is 8.64. The molecule has 5 N–H and O–H groups in total. The quantitative estimate of drug-likeness (QED) is 0.247. The monoisotopic (exact) mass is 615 g/mol. The van der Waals surface area contributed by atoms with Crippen LogP contribution in [0.3, 0.4) is 0 Å². The van der Waals surface area contributed by atoms with Gasteiger partial charge in [0, 0.05) is 17.0 Å². The van der Waals surface area contributed by atoms with E-state index in [1.54, 1.807) is 12.1 Å². The van der Waals surface area contributed by atoms with Crippen molar-refractivity contribution < 1.29 is 27.9 Å². The molecule has 10 nitrogen and oxygen atoms in total. The van der Waals surface area contributed by atoms with Crippen LogP contribution in [-0.2, 0) is 15.7 Å². The molecule has 40 heavy (non-hydrogen) atoms. The van der Waals surface area contributed by atoms with E-state index >= 15 is 0 Å². The lowest BCUT2D eigenvalue weighted by Crippen LogP contribution is -2.38. The highest BCUT2D eigenvalue weighted by atomic mass is 35.5. The van der Waals surface area contributed by atoms with Crippen LogP contribution in [0.25, 0.3) is 21.9 Å². The zero-order chi connectivity index (χ0) is 29.2. The highest BCUT2D eigenvalue weighted by Crippen LogP contribution is 2.31. The SMILES string of the molecule is C[C@H](Nc1ncnc2cc(C(=O)[S+]3CCNC3CN)c(Cl)cc12)c1nc2ccc(Cl)cc2[nH]1.O=C([O-])C(F)(F)F. The number of nitrogens with zero attached hydrogens (tertiary/aromatic N) is 3. The van der Waals surface area contributed by atoms with Gasteiger partial charge in [0.15, 0.2) is 5.37 Å². The summed E-state index contributed by atoms with van der Waals surface area (Å²) in [6, 6.07) is 8.85. The topological polar surface area (TPSA) is 162 Å². The van der Waals surface area contributed by atoms with Crippen LogP contribution in [0, 0.1) is 0 Å². The third kappa shape index (κ3) is 6.58. The molecular weight excluding hydrogens is 594 g/mol. The predicted octanol–water partition coefficient (Wildman–Crippen LogP) is 2.93. The van der Waals surface area contributed by atoms with Gasteiger partial charge in [-0.2, -0.15) is 13.2 Å². The molecule has 0 amide bonds. The van der Waals surface area contributed by atoms with E-state index in [0.29, 0.717) is 33.5 Å². The summed E-state index contributed by atoms with van der Waals surface area (Å²) in [5.74, 6) is -0.879. The molecule has 4 aromatic rings. The van der Waals surface area contributed by atoms with Crippen molar-refractivity contribution in [3.63, 3.8) is 0 Å². The third-order valence-corrected chi connectivity index (χ3v) is 8.82. The number of halogens is 5. The summed E-state index contributed by atoms with van der Waals surface area (Å²) in [7, 11) is -0.503. The average Bonchev–Trinajstić information content (AvgIpc) is 3.55. The van der Waals surface area contributed by atoms with E-state index in [1.165, 1.54) is 6.33 Å². The molecule has 16 heteroatoms.